The third kappa shape index (κ3) is 2.24. The van der Waals surface area contributed by atoms with Crippen LogP contribution in [0.3, 0.4) is 0 Å². The maximum atomic E-state index is 10.6. The molecule has 1 saturated carbocycles. The number of ether oxygens (including phenoxy) is 1. The van der Waals surface area contributed by atoms with Crippen molar-refractivity contribution in [3.63, 3.8) is 0 Å². The van der Waals surface area contributed by atoms with Crippen molar-refractivity contribution in [2.24, 2.45) is 0 Å². The Bertz CT molecular complexity index is 392. The van der Waals surface area contributed by atoms with Crippen LogP contribution < -0.4 is 0 Å². The molecule has 0 bridgehead atoms. The number of hydrogen-bond donors (Lipinski definition) is 1. The van der Waals surface area contributed by atoms with E-state index in [1.807, 2.05) is 6.07 Å². The molecule has 0 aliphatic heterocycles. The smallest absolute Gasteiger partial charge is 0.108 e. The Morgan fingerprint density at radius 2 is 1.82 bits per heavy atom. The number of aliphatic hydroxyl groups excluding tert-OH is 1. The Morgan fingerprint density at radius 1 is 1.18 bits per heavy atom. The van der Waals surface area contributed by atoms with E-state index in [2.05, 4.69) is 26.0 Å². The van der Waals surface area contributed by atoms with Gasteiger partial charge >= 0.3 is 0 Å². The molecule has 0 aromatic heterocycles. The van der Waals surface area contributed by atoms with Gasteiger partial charge in [-0.05, 0) is 43.4 Å². The third-order valence-corrected chi connectivity index (χ3v) is 4.20. The molecule has 2 nitrogen and oxygen atoms in total. The molecule has 1 aromatic rings. The van der Waals surface area contributed by atoms with Gasteiger partial charge in [0.25, 0.3) is 0 Å². The van der Waals surface area contributed by atoms with E-state index in [1.165, 1.54) is 11.1 Å². The average Bonchev–Trinajstić information content (AvgIpc) is 2.81. The molecule has 1 aliphatic rings. The molecule has 1 fully saturated rings. The fourth-order valence-corrected chi connectivity index (χ4v) is 2.80. The summed E-state index contributed by atoms with van der Waals surface area (Å²) in [5, 5.41) is 10.6. The van der Waals surface area contributed by atoms with Crippen molar-refractivity contribution in [1.82, 2.24) is 0 Å². The molecule has 1 unspecified atom stereocenters. The topological polar surface area (TPSA) is 29.5 Å². The van der Waals surface area contributed by atoms with Crippen molar-refractivity contribution < 1.29 is 9.84 Å². The minimum absolute atomic E-state index is 0.359. The molecule has 2 rings (SSSR count). The van der Waals surface area contributed by atoms with Gasteiger partial charge in [0.2, 0.25) is 0 Å². The number of benzene rings is 1. The van der Waals surface area contributed by atoms with E-state index in [0.717, 1.165) is 31.2 Å². The van der Waals surface area contributed by atoms with Crippen LogP contribution >= 0.6 is 0 Å². The summed E-state index contributed by atoms with van der Waals surface area (Å²) in [6.45, 7) is 4.17. The molecule has 1 atom stereocenters. The minimum atomic E-state index is -0.505. The minimum Gasteiger partial charge on any atom is -0.385 e. The van der Waals surface area contributed by atoms with E-state index < -0.39 is 6.10 Å². The maximum absolute atomic E-state index is 10.6. The fourth-order valence-electron chi connectivity index (χ4n) is 2.80. The Labute approximate surface area is 104 Å². The summed E-state index contributed by atoms with van der Waals surface area (Å²) in [6, 6.07) is 6.18. The second-order valence-corrected chi connectivity index (χ2v) is 5.22. The van der Waals surface area contributed by atoms with E-state index in [-0.39, 0.29) is 5.60 Å². The fraction of sp³-hybridized carbons (Fsp3) is 0.600. The lowest BCUT2D eigenvalue weighted by Crippen LogP contribution is -2.35. The highest BCUT2D eigenvalue weighted by molar-refractivity contribution is 5.32. The van der Waals surface area contributed by atoms with E-state index in [1.54, 1.807) is 7.11 Å². The van der Waals surface area contributed by atoms with E-state index >= 15 is 0 Å². The third-order valence-electron chi connectivity index (χ3n) is 4.20. The Balaban J connectivity index is 2.29. The molecule has 1 aliphatic carbocycles. The molecular formula is C15H22O2. The van der Waals surface area contributed by atoms with E-state index in [0.29, 0.717) is 0 Å². The summed E-state index contributed by atoms with van der Waals surface area (Å²) in [6.07, 6.45) is 3.70. The predicted molar refractivity (Wildman–Crippen MR) is 69.1 cm³/mol. The first-order valence-corrected chi connectivity index (χ1v) is 6.39. The van der Waals surface area contributed by atoms with Gasteiger partial charge in [-0.15, -0.1) is 0 Å². The first-order chi connectivity index (χ1) is 8.09. The molecular weight excluding hydrogens is 212 g/mol. The van der Waals surface area contributed by atoms with Crippen LogP contribution in [0.15, 0.2) is 18.2 Å². The molecule has 0 saturated heterocycles. The SMILES string of the molecule is COC1(C(O)c2ccc(C)c(C)c2)CCCC1. The quantitative estimate of drug-likeness (QED) is 0.869. The molecule has 0 amide bonds. The summed E-state index contributed by atoms with van der Waals surface area (Å²) in [4.78, 5) is 0. The van der Waals surface area contributed by atoms with Gasteiger partial charge in [0.15, 0.2) is 0 Å². The van der Waals surface area contributed by atoms with Gasteiger partial charge in [-0.25, -0.2) is 0 Å². The van der Waals surface area contributed by atoms with Crippen molar-refractivity contribution in [2.45, 2.75) is 51.2 Å². The van der Waals surface area contributed by atoms with Crippen LogP contribution in [0.25, 0.3) is 0 Å². The van der Waals surface area contributed by atoms with Crippen LogP contribution in [0.2, 0.25) is 0 Å². The summed E-state index contributed by atoms with van der Waals surface area (Å²) in [5.74, 6) is 0. The summed E-state index contributed by atoms with van der Waals surface area (Å²) >= 11 is 0. The van der Waals surface area contributed by atoms with Crippen LogP contribution in [0, 0.1) is 13.8 Å². The highest BCUT2D eigenvalue weighted by Crippen LogP contribution is 2.42. The molecule has 17 heavy (non-hydrogen) atoms. The van der Waals surface area contributed by atoms with E-state index in [9.17, 15) is 5.11 Å². The largest absolute Gasteiger partial charge is 0.385 e. The summed E-state index contributed by atoms with van der Waals surface area (Å²) in [5.41, 5.74) is 3.11. The Kier molecular flexibility index (Phi) is 3.55. The zero-order chi connectivity index (χ0) is 12.5. The monoisotopic (exact) mass is 234 g/mol. The zero-order valence-electron chi connectivity index (χ0n) is 11.0. The predicted octanol–water partition coefficient (Wildman–Crippen LogP) is 3.30. The lowest BCUT2D eigenvalue weighted by molar-refractivity contribution is -0.100. The van der Waals surface area contributed by atoms with Gasteiger partial charge in [0.05, 0.1) is 5.60 Å². The number of rotatable bonds is 3. The van der Waals surface area contributed by atoms with Gasteiger partial charge in [0.1, 0.15) is 6.10 Å². The second kappa shape index (κ2) is 4.79. The first kappa shape index (κ1) is 12.6. The zero-order valence-corrected chi connectivity index (χ0v) is 11.0. The van der Waals surface area contributed by atoms with Gasteiger partial charge < -0.3 is 9.84 Å². The van der Waals surface area contributed by atoms with Crippen molar-refractivity contribution in [3.8, 4) is 0 Å². The van der Waals surface area contributed by atoms with E-state index in [4.69, 9.17) is 4.74 Å². The van der Waals surface area contributed by atoms with Crippen LogP contribution in [-0.2, 0) is 4.74 Å². The number of hydrogen-bond acceptors (Lipinski definition) is 2. The van der Waals surface area contributed by atoms with Gasteiger partial charge in [-0.3, -0.25) is 0 Å². The van der Waals surface area contributed by atoms with Crippen molar-refractivity contribution >= 4 is 0 Å². The molecule has 94 valence electrons. The van der Waals surface area contributed by atoms with Gasteiger partial charge in [-0.2, -0.15) is 0 Å². The molecule has 1 aromatic carbocycles. The summed E-state index contributed by atoms with van der Waals surface area (Å²) in [7, 11) is 1.72. The lowest BCUT2D eigenvalue weighted by Gasteiger charge is -2.33. The lowest BCUT2D eigenvalue weighted by atomic mass is 9.88. The van der Waals surface area contributed by atoms with Gasteiger partial charge in [0, 0.05) is 7.11 Å². The Morgan fingerprint density at radius 3 is 2.35 bits per heavy atom. The Hall–Kier alpha value is -0.860. The molecule has 1 N–H and O–H groups in total. The van der Waals surface area contributed by atoms with Crippen LogP contribution in [0.4, 0.5) is 0 Å². The molecule has 0 spiro atoms. The van der Waals surface area contributed by atoms with Crippen LogP contribution in [0.5, 0.6) is 0 Å². The molecule has 2 heteroatoms. The molecule has 0 radical (unpaired) electrons. The second-order valence-electron chi connectivity index (χ2n) is 5.22. The highest BCUT2D eigenvalue weighted by atomic mass is 16.5. The van der Waals surface area contributed by atoms with Crippen molar-refractivity contribution in [3.05, 3.63) is 34.9 Å². The highest BCUT2D eigenvalue weighted by Gasteiger charge is 2.41. The normalized spacial score (nSPS) is 20.5. The number of aryl methyl sites for hydroxylation is 2. The number of methoxy groups -OCH3 is 1. The van der Waals surface area contributed by atoms with Crippen LogP contribution in [0.1, 0.15) is 48.5 Å². The number of aliphatic hydroxyl groups is 1. The van der Waals surface area contributed by atoms with Gasteiger partial charge in [-0.1, -0.05) is 31.0 Å². The van der Waals surface area contributed by atoms with Crippen molar-refractivity contribution in [2.75, 3.05) is 7.11 Å². The standard InChI is InChI=1S/C15H22O2/c1-11-6-7-13(10-12(11)2)14(16)15(17-3)8-4-5-9-15/h6-7,10,14,16H,4-5,8-9H2,1-3H3. The summed E-state index contributed by atoms with van der Waals surface area (Å²) < 4.78 is 5.64. The first-order valence-electron chi connectivity index (χ1n) is 6.39. The van der Waals surface area contributed by atoms with Crippen molar-refractivity contribution in [1.29, 1.82) is 0 Å². The van der Waals surface area contributed by atoms with Crippen LogP contribution in [-0.4, -0.2) is 17.8 Å². The average molecular weight is 234 g/mol. The molecule has 0 heterocycles. The maximum Gasteiger partial charge on any atom is 0.108 e.